The molecule has 0 fully saturated rings. The number of nitrogens with one attached hydrogen (secondary N) is 1. The highest BCUT2D eigenvalue weighted by molar-refractivity contribution is 5.87. The van der Waals surface area contributed by atoms with Crippen LogP contribution in [0.2, 0.25) is 0 Å². The van der Waals surface area contributed by atoms with E-state index in [0.29, 0.717) is 17.6 Å². The number of esters is 1. The van der Waals surface area contributed by atoms with Crippen LogP contribution in [-0.4, -0.2) is 23.7 Å². The maximum atomic E-state index is 12.9. The van der Waals surface area contributed by atoms with Gasteiger partial charge in [-0.3, -0.25) is 0 Å². The Labute approximate surface area is 170 Å². The first-order chi connectivity index (χ1) is 13.4. The molecule has 0 saturated carbocycles. The molecule has 0 saturated heterocycles. The molecule has 2 atom stereocenters. The number of ether oxygens (including phenoxy) is 2. The minimum Gasteiger partial charge on any atom is -0.444 e. The van der Waals surface area contributed by atoms with Crippen molar-refractivity contribution >= 4 is 23.0 Å². The number of benzene rings is 1. The van der Waals surface area contributed by atoms with Gasteiger partial charge in [0, 0.05) is 17.0 Å². The van der Waals surface area contributed by atoms with E-state index in [2.05, 4.69) is 5.32 Å². The molecule has 0 aliphatic heterocycles. The van der Waals surface area contributed by atoms with Crippen LogP contribution in [0.15, 0.2) is 27.4 Å². The number of hydrogen-bond acceptors (Lipinski definition) is 6. The highest BCUT2D eigenvalue weighted by Gasteiger charge is 2.30. The zero-order valence-electron chi connectivity index (χ0n) is 18.0. The maximum absolute atomic E-state index is 12.9. The molecular weight excluding hydrogens is 374 g/mol. The standard InChI is InChI=1S/C22H29NO6/c1-8-12(2)18(23-21(26)29-22(5,6)7)20(25)27-16-10-9-15-13(3)11-17(24)28-19(15)14(16)4/h9-12,18H,8H2,1-7H3,(H,23,26). The molecule has 2 unspecified atom stereocenters. The Morgan fingerprint density at radius 2 is 1.86 bits per heavy atom. The second-order valence-corrected chi connectivity index (χ2v) is 8.24. The monoisotopic (exact) mass is 403 g/mol. The van der Waals surface area contributed by atoms with E-state index in [1.54, 1.807) is 39.8 Å². The lowest BCUT2D eigenvalue weighted by Gasteiger charge is -2.25. The van der Waals surface area contributed by atoms with Crippen molar-refractivity contribution in [3.63, 3.8) is 0 Å². The molecule has 0 spiro atoms. The van der Waals surface area contributed by atoms with Crippen LogP contribution < -0.4 is 15.7 Å². The van der Waals surface area contributed by atoms with Crippen LogP contribution >= 0.6 is 0 Å². The molecule has 7 nitrogen and oxygen atoms in total. The molecule has 0 aliphatic rings. The summed E-state index contributed by atoms with van der Waals surface area (Å²) in [6.07, 6.45) is -0.0306. The molecule has 0 aliphatic carbocycles. The molecular formula is C22H29NO6. The molecule has 1 aromatic heterocycles. The van der Waals surface area contributed by atoms with Gasteiger partial charge in [-0.2, -0.15) is 0 Å². The van der Waals surface area contributed by atoms with Crippen molar-refractivity contribution in [1.29, 1.82) is 0 Å². The summed E-state index contributed by atoms with van der Waals surface area (Å²) in [7, 11) is 0. The first-order valence-electron chi connectivity index (χ1n) is 9.68. The van der Waals surface area contributed by atoms with Crippen LogP contribution in [0.3, 0.4) is 0 Å². The molecule has 1 heterocycles. The van der Waals surface area contributed by atoms with E-state index in [9.17, 15) is 14.4 Å². The molecule has 0 radical (unpaired) electrons. The normalized spacial score (nSPS) is 13.6. The Bertz CT molecular complexity index is 970. The minimum atomic E-state index is -0.880. The molecule has 1 amide bonds. The Kier molecular flexibility index (Phi) is 6.72. The molecule has 2 aromatic rings. The summed E-state index contributed by atoms with van der Waals surface area (Å²) in [6, 6.07) is 3.93. The quantitative estimate of drug-likeness (QED) is 0.455. The summed E-state index contributed by atoms with van der Waals surface area (Å²) >= 11 is 0. The number of fused-ring (bicyclic) bond motifs is 1. The van der Waals surface area contributed by atoms with Crippen LogP contribution in [0.4, 0.5) is 4.79 Å². The molecule has 1 N–H and O–H groups in total. The average molecular weight is 403 g/mol. The van der Waals surface area contributed by atoms with Crippen LogP contribution in [0.1, 0.15) is 52.2 Å². The third-order valence-corrected chi connectivity index (χ3v) is 4.67. The van der Waals surface area contributed by atoms with Gasteiger partial charge in [-0.05, 0) is 58.2 Å². The lowest BCUT2D eigenvalue weighted by molar-refractivity contribution is -0.138. The van der Waals surface area contributed by atoms with Gasteiger partial charge >= 0.3 is 17.7 Å². The van der Waals surface area contributed by atoms with Crippen molar-refractivity contribution < 1.29 is 23.5 Å². The number of rotatable bonds is 5. The molecule has 7 heteroatoms. The van der Waals surface area contributed by atoms with Gasteiger partial charge in [-0.1, -0.05) is 20.3 Å². The van der Waals surface area contributed by atoms with Crippen LogP contribution in [0.25, 0.3) is 11.0 Å². The topological polar surface area (TPSA) is 94.8 Å². The molecule has 1 aromatic carbocycles. The summed E-state index contributed by atoms with van der Waals surface area (Å²) in [5, 5.41) is 3.38. The summed E-state index contributed by atoms with van der Waals surface area (Å²) in [5.74, 6) is -0.505. The smallest absolute Gasteiger partial charge is 0.408 e. The van der Waals surface area contributed by atoms with Crippen molar-refractivity contribution in [1.82, 2.24) is 5.32 Å². The van der Waals surface area contributed by atoms with Crippen LogP contribution in [-0.2, 0) is 9.53 Å². The summed E-state index contributed by atoms with van der Waals surface area (Å²) in [5.41, 5.74) is 0.544. The predicted octanol–water partition coefficient (Wildman–Crippen LogP) is 4.25. The summed E-state index contributed by atoms with van der Waals surface area (Å²) < 4.78 is 16.1. The molecule has 0 bridgehead atoms. The van der Waals surface area contributed by atoms with Crippen molar-refractivity contribution in [2.75, 3.05) is 0 Å². The fourth-order valence-electron chi connectivity index (χ4n) is 2.89. The van der Waals surface area contributed by atoms with Crippen molar-refractivity contribution in [3.8, 4) is 5.75 Å². The summed E-state index contributed by atoms with van der Waals surface area (Å²) in [6.45, 7) is 12.5. The predicted molar refractivity (Wildman–Crippen MR) is 110 cm³/mol. The fourth-order valence-corrected chi connectivity index (χ4v) is 2.89. The maximum Gasteiger partial charge on any atom is 0.408 e. The fraction of sp³-hybridized carbons (Fsp3) is 0.500. The Hall–Kier alpha value is -2.83. The van der Waals surface area contributed by atoms with Gasteiger partial charge in [0.2, 0.25) is 0 Å². The van der Waals surface area contributed by atoms with Gasteiger partial charge < -0.3 is 19.2 Å². The second kappa shape index (κ2) is 8.68. The zero-order chi connectivity index (χ0) is 21.9. The van der Waals surface area contributed by atoms with Crippen molar-refractivity contribution in [2.45, 2.75) is 66.5 Å². The van der Waals surface area contributed by atoms with Gasteiger partial charge in [0.1, 0.15) is 23.0 Å². The minimum absolute atomic E-state index is 0.170. The first-order valence-corrected chi connectivity index (χ1v) is 9.68. The van der Waals surface area contributed by atoms with E-state index in [1.807, 2.05) is 20.8 Å². The Morgan fingerprint density at radius 1 is 1.21 bits per heavy atom. The van der Waals surface area contributed by atoms with Crippen LogP contribution in [0.5, 0.6) is 5.75 Å². The lowest BCUT2D eigenvalue weighted by atomic mass is 9.99. The van der Waals surface area contributed by atoms with Crippen molar-refractivity contribution in [2.24, 2.45) is 5.92 Å². The van der Waals surface area contributed by atoms with Crippen LogP contribution in [0, 0.1) is 19.8 Å². The van der Waals surface area contributed by atoms with Gasteiger partial charge in [0.25, 0.3) is 0 Å². The van der Waals surface area contributed by atoms with E-state index in [0.717, 1.165) is 10.9 Å². The third kappa shape index (κ3) is 5.59. The van der Waals surface area contributed by atoms with E-state index < -0.39 is 29.3 Å². The van der Waals surface area contributed by atoms with Gasteiger partial charge in [-0.25, -0.2) is 14.4 Å². The number of aryl methyl sites for hydroxylation is 2. The molecule has 158 valence electrons. The van der Waals surface area contributed by atoms with Gasteiger partial charge in [-0.15, -0.1) is 0 Å². The second-order valence-electron chi connectivity index (χ2n) is 8.24. The number of hydrogen-bond donors (Lipinski definition) is 1. The lowest BCUT2D eigenvalue weighted by Crippen LogP contribution is -2.48. The summed E-state index contributed by atoms with van der Waals surface area (Å²) in [4.78, 5) is 36.7. The van der Waals surface area contributed by atoms with E-state index in [4.69, 9.17) is 13.9 Å². The van der Waals surface area contributed by atoms with Gasteiger partial charge in [0.15, 0.2) is 0 Å². The average Bonchev–Trinajstić information content (AvgIpc) is 2.60. The molecule has 2 rings (SSSR count). The van der Waals surface area contributed by atoms with Crippen molar-refractivity contribution in [3.05, 3.63) is 39.7 Å². The van der Waals surface area contributed by atoms with E-state index in [-0.39, 0.29) is 11.7 Å². The Morgan fingerprint density at radius 3 is 2.45 bits per heavy atom. The largest absolute Gasteiger partial charge is 0.444 e. The number of amides is 1. The number of carbonyl (C=O) groups is 2. The third-order valence-electron chi connectivity index (χ3n) is 4.67. The van der Waals surface area contributed by atoms with E-state index >= 15 is 0 Å². The van der Waals surface area contributed by atoms with E-state index in [1.165, 1.54) is 6.07 Å². The highest BCUT2D eigenvalue weighted by atomic mass is 16.6. The highest BCUT2D eigenvalue weighted by Crippen LogP contribution is 2.28. The van der Waals surface area contributed by atoms with Gasteiger partial charge in [0.05, 0.1) is 0 Å². The SMILES string of the molecule is CCC(C)C(NC(=O)OC(C)(C)C)C(=O)Oc1ccc2c(C)cc(=O)oc2c1C. The molecule has 29 heavy (non-hydrogen) atoms. The number of carbonyl (C=O) groups excluding carboxylic acids is 2. The first kappa shape index (κ1) is 22.5. The Balaban J connectivity index is 2.30. The zero-order valence-corrected chi connectivity index (χ0v) is 18.0. The number of alkyl carbamates (subject to hydrolysis) is 1.